The van der Waals surface area contributed by atoms with E-state index in [-0.39, 0.29) is 13.2 Å². The quantitative estimate of drug-likeness (QED) is 0.313. The molecular weight excluding hydrogens is 372 g/mol. The van der Waals surface area contributed by atoms with E-state index in [0.717, 1.165) is 5.56 Å². The first-order chi connectivity index (χ1) is 13.4. The fourth-order valence-corrected chi connectivity index (χ4v) is 2.84. The zero-order valence-electron chi connectivity index (χ0n) is 15.2. The van der Waals surface area contributed by atoms with E-state index in [1.165, 1.54) is 6.92 Å². The number of carbonyl (C=O) groups is 2. The number of amides is 1. The van der Waals surface area contributed by atoms with Crippen LogP contribution in [-0.2, 0) is 30.4 Å². The molecule has 0 aromatic heterocycles. The van der Waals surface area contributed by atoms with E-state index in [0.29, 0.717) is 0 Å². The number of aliphatic carboxylic acids is 1. The number of aliphatic hydroxyl groups excluding tert-OH is 1. The van der Waals surface area contributed by atoms with Crippen molar-refractivity contribution in [1.82, 2.24) is 5.32 Å². The summed E-state index contributed by atoms with van der Waals surface area (Å²) in [6.45, 7) is 0.517. The average Bonchev–Trinajstić information content (AvgIpc) is 2.66. The van der Waals surface area contributed by atoms with Crippen LogP contribution in [0, 0.1) is 0 Å². The Morgan fingerprint density at radius 3 is 2.64 bits per heavy atom. The lowest BCUT2D eigenvalue weighted by molar-refractivity contribution is -0.271. The number of aliphatic hydroxyl groups is 1. The Balaban J connectivity index is 2.19. The zero-order valence-corrected chi connectivity index (χ0v) is 15.2. The van der Waals surface area contributed by atoms with Crippen molar-refractivity contribution in [2.75, 3.05) is 13.2 Å². The summed E-state index contributed by atoms with van der Waals surface area (Å²) in [5, 5.41) is 25.6. The summed E-state index contributed by atoms with van der Waals surface area (Å²) < 4.78 is 16.6. The molecule has 3 N–H and O–H groups in total. The van der Waals surface area contributed by atoms with Crippen molar-refractivity contribution in [3.05, 3.63) is 46.3 Å². The van der Waals surface area contributed by atoms with E-state index in [4.69, 9.17) is 24.8 Å². The van der Waals surface area contributed by atoms with Crippen LogP contribution in [0.15, 0.2) is 35.4 Å². The molecule has 2 rings (SSSR count). The van der Waals surface area contributed by atoms with Crippen LogP contribution in [0.5, 0.6) is 0 Å². The van der Waals surface area contributed by atoms with Crippen molar-refractivity contribution in [2.45, 2.75) is 44.2 Å². The number of hydrogen-bond acceptors (Lipinski definition) is 7. The predicted octanol–water partition coefficient (Wildman–Crippen LogP) is 0.574. The summed E-state index contributed by atoms with van der Waals surface area (Å²) >= 11 is 0. The molecule has 1 amide bonds. The van der Waals surface area contributed by atoms with E-state index >= 15 is 0 Å². The van der Waals surface area contributed by atoms with Crippen LogP contribution in [0.2, 0.25) is 0 Å². The van der Waals surface area contributed by atoms with Crippen LogP contribution in [-0.4, -0.2) is 65.9 Å². The minimum Gasteiger partial charge on any atom is -0.480 e. The van der Waals surface area contributed by atoms with Crippen molar-refractivity contribution in [2.24, 2.45) is 5.11 Å². The third-order valence-corrected chi connectivity index (χ3v) is 4.02. The van der Waals surface area contributed by atoms with Gasteiger partial charge < -0.3 is 29.7 Å². The first-order valence-corrected chi connectivity index (χ1v) is 8.52. The number of carboxylic acid groups (broad SMARTS) is 1. The van der Waals surface area contributed by atoms with Gasteiger partial charge in [-0.1, -0.05) is 35.4 Å². The number of benzene rings is 1. The fraction of sp³-hybridized carbons (Fsp3) is 0.529. The highest BCUT2D eigenvalue weighted by Gasteiger charge is 2.46. The molecule has 0 bridgehead atoms. The van der Waals surface area contributed by atoms with Gasteiger partial charge in [0, 0.05) is 11.8 Å². The number of rotatable bonds is 9. The van der Waals surface area contributed by atoms with E-state index in [1.807, 2.05) is 30.3 Å². The Kier molecular flexibility index (Phi) is 8.18. The van der Waals surface area contributed by atoms with Crippen molar-refractivity contribution in [3.8, 4) is 0 Å². The molecule has 11 nitrogen and oxygen atoms in total. The molecule has 1 aliphatic heterocycles. The van der Waals surface area contributed by atoms with Gasteiger partial charge in [-0.25, -0.2) is 4.79 Å². The summed E-state index contributed by atoms with van der Waals surface area (Å²) in [6.07, 6.45) is -4.41. The van der Waals surface area contributed by atoms with E-state index < -0.39 is 49.1 Å². The molecule has 11 heteroatoms. The molecule has 1 fully saturated rings. The smallest absolute Gasteiger partial charge is 0.329 e. The maximum atomic E-state index is 11.5. The summed E-state index contributed by atoms with van der Waals surface area (Å²) in [4.78, 5) is 25.0. The van der Waals surface area contributed by atoms with Crippen LogP contribution >= 0.6 is 0 Å². The summed E-state index contributed by atoms with van der Waals surface area (Å²) in [5.41, 5.74) is 9.45. The molecule has 1 heterocycles. The Bertz CT molecular complexity index is 711. The van der Waals surface area contributed by atoms with Gasteiger partial charge in [-0.05, 0) is 11.1 Å². The second kappa shape index (κ2) is 10.6. The van der Waals surface area contributed by atoms with Gasteiger partial charge >= 0.3 is 5.97 Å². The van der Waals surface area contributed by atoms with Gasteiger partial charge in [0.05, 0.1) is 19.3 Å². The lowest BCUT2D eigenvalue weighted by Crippen LogP contribution is -2.65. The Hall–Kier alpha value is -2.69. The molecule has 0 unspecified atom stereocenters. The minimum absolute atomic E-state index is 0.145. The van der Waals surface area contributed by atoms with Gasteiger partial charge in [-0.15, -0.1) is 0 Å². The van der Waals surface area contributed by atoms with Gasteiger partial charge in [0.2, 0.25) is 5.91 Å². The van der Waals surface area contributed by atoms with Crippen molar-refractivity contribution < 1.29 is 34.0 Å². The van der Waals surface area contributed by atoms with E-state index in [2.05, 4.69) is 15.3 Å². The summed E-state index contributed by atoms with van der Waals surface area (Å²) in [6, 6.07) is 8.12. The highest BCUT2D eigenvalue weighted by atomic mass is 16.7. The number of hydrogen-bond donors (Lipinski definition) is 3. The largest absolute Gasteiger partial charge is 0.480 e. The van der Waals surface area contributed by atoms with Crippen LogP contribution in [0.1, 0.15) is 12.5 Å². The number of carbonyl (C=O) groups excluding carboxylic acids is 1. The molecule has 1 saturated heterocycles. The van der Waals surface area contributed by atoms with Crippen molar-refractivity contribution >= 4 is 11.9 Å². The lowest BCUT2D eigenvalue weighted by Gasteiger charge is -2.44. The zero-order chi connectivity index (χ0) is 20.5. The third-order valence-electron chi connectivity index (χ3n) is 4.02. The SMILES string of the molecule is CC(=O)N[C@H]1[C@@H](OCC(=O)O)O[C@H](CN=[N+]=[N-])[C@@H](OCc2ccccc2)[C@@H]1O. The normalized spacial score (nSPS) is 26.9. The monoisotopic (exact) mass is 394 g/mol. The fourth-order valence-electron chi connectivity index (χ4n) is 2.84. The number of nitrogens with one attached hydrogen (secondary N) is 1. The summed E-state index contributed by atoms with van der Waals surface area (Å²) in [5.74, 6) is -1.71. The van der Waals surface area contributed by atoms with Crippen LogP contribution in [0.3, 0.4) is 0 Å². The minimum atomic E-state index is -1.29. The maximum Gasteiger partial charge on any atom is 0.329 e. The molecule has 1 aromatic carbocycles. The number of carboxylic acids is 1. The van der Waals surface area contributed by atoms with Gasteiger partial charge in [0.15, 0.2) is 6.29 Å². The molecule has 5 atom stereocenters. The van der Waals surface area contributed by atoms with Crippen LogP contribution < -0.4 is 5.32 Å². The van der Waals surface area contributed by atoms with Gasteiger partial charge in [0.1, 0.15) is 24.9 Å². The Morgan fingerprint density at radius 2 is 2.04 bits per heavy atom. The molecule has 1 aromatic rings. The molecule has 0 aliphatic carbocycles. The molecule has 152 valence electrons. The molecule has 0 spiro atoms. The first-order valence-electron chi connectivity index (χ1n) is 8.52. The molecule has 0 saturated carbocycles. The second-order valence-corrected chi connectivity index (χ2v) is 6.14. The second-order valence-electron chi connectivity index (χ2n) is 6.14. The predicted molar refractivity (Wildman–Crippen MR) is 94.9 cm³/mol. The lowest BCUT2D eigenvalue weighted by atomic mass is 9.96. The van der Waals surface area contributed by atoms with E-state index in [1.54, 1.807) is 0 Å². The molecule has 1 aliphatic rings. The number of azide groups is 1. The average molecular weight is 394 g/mol. The molecule has 0 radical (unpaired) electrons. The third kappa shape index (κ3) is 6.19. The Morgan fingerprint density at radius 1 is 1.32 bits per heavy atom. The standard InChI is InChI=1S/C17H22N4O7/c1-10(22)20-14-15(25)16(26-8-11-5-3-2-4-6-11)12(7-19-21-18)28-17(14)27-9-13(23)24/h2-6,12,14-17,25H,7-9H2,1H3,(H,20,22)(H,23,24)/t12-,14-,15-,16-,17+/m1/s1. The van der Waals surface area contributed by atoms with Crippen LogP contribution in [0.25, 0.3) is 10.4 Å². The highest BCUT2D eigenvalue weighted by Crippen LogP contribution is 2.26. The molecule has 28 heavy (non-hydrogen) atoms. The van der Waals surface area contributed by atoms with Gasteiger partial charge in [-0.3, -0.25) is 4.79 Å². The van der Waals surface area contributed by atoms with E-state index in [9.17, 15) is 14.7 Å². The van der Waals surface area contributed by atoms with Gasteiger partial charge in [-0.2, -0.15) is 0 Å². The highest BCUT2D eigenvalue weighted by molar-refractivity contribution is 5.73. The summed E-state index contributed by atoms with van der Waals surface area (Å²) in [7, 11) is 0. The van der Waals surface area contributed by atoms with Gasteiger partial charge in [0.25, 0.3) is 0 Å². The number of nitrogens with zero attached hydrogens (tertiary/aromatic N) is 3. The topological polar surface area (TPSA) is 163 Å². The Labute approximate surface area is 160 Å². The first kappa shape index (κ1) is 21.6. The molecular formula is C17H22N4O7. The number of ether oxygens (including phenoxy) is 3. The maximum absolute atomic E-state index is 11.5. The van der Waals surface area contributed by atoms with Crippen LogP contribution in [0.4, 0.5) is 0 Å². The van der Waals surface area contributed by atoms with Crippen molar-refractivity contribution in [3.63, 3.8) is 0 Å². The van der Waals surface area contributed by atoms with Crippen molar-refractivity contribution in [1.29, 1.82) is 0 Å².